The van der Waals surface area contributed by atoms with Crippen LogP contribution < -0.4 is 10.6 Å². The topological polar surface area (TPSA) is 54.3 Å². The summed E-state index contributed by atoms with van der Waals surface area (Å²) in [5, 5.41) is 9.55. The molecule has 4 aliphatic rings. The van der Waals surface area contributed by atoms with E-state index in [1.54, 1.807) is 0 Å². The average molecular weight is 411 g/mol. The monoisotopic (exact) mass is 410 g/mol. The maximum Gasteiger partial charge on any atom is 0.0473 e. The Bertz CT molecular complexity index is 660. The first-order chi connectivity index (χ1) is 14.5. The summed E-state index contributed by atoms with van der Waals surface area (Å²) >= 11 is 0. The molecule has 1 aromatic rings. The van der Waals surface area contributed by atoms with E-state index in [4.69, 9.17) is 5.84 Å². The standard InChI is InChI=1S/C25H40N5/c1-16-4-10-22-20(12-16)27-14-24(29(22)3)18-6-8-19(9-7-18)25-15-28-21-13-17(2)5-11-23(21)30(25)26/h6-9,16-17,20-28H,4-5,10-15H2,1-3H3/q-1. The molecule has 5 nitrogen and oxygen atoms in total. The molecule has 0 spiro atoms. The highest BCUT2D eigenvalue weighted by Crippen LogP contribution is 2.38. The van der Waals surface area contributed by atoms with Gasteiger partial charge in [0.15, 0.2) is 0 Å². The first kappa shape index (κ1) is 20.9. The summed E-state index contributed by atoms with van der Waals surface area (Å²) in [6.07, 6.45) is 7.60. The Balaban J connectivity index is 1.27. The lowest BCUT2D eigenvalue weighted by Crippen LogP contribution is -2.59. The predicted octanol–water partition coefficient (Wildman–Crippen LogP) is 4.29. The highest BCUT2D eigenvalue weighted by molar-refractivity contribution is 5.29. The van der Waals surface area contributed by atoms with Gasteiger partial charge in [-0.2, -0.15) is 0 Å². The maximum absolute atomic E-state index is 8.83. The quantitative estimate of drug-likeness (QED) is 0.764. The maximum atomic E-state index is 8.83. The summed E-state index contributed by atoms with van der Waals surface area (Å²) in [5.41, 5.74) is 2.70. The zero-order valence-corrected chi connectivity index (χ0v) is 19.0. The van der Waals surface area contributed by atoms with E-state index in [0.717, 1.165) is 31.3 Å². The third-order valence-corrected chi connectivity index (χ3v) is 8.71. The van der Waals surface area contributed by atoms with Gasteiger partial charge in [-0.1, -0.05) is 38.1 Å². The fraction of sp³-hybridized carbons (Fsp3) is 0.760. The van der Waals surface area contributed by atoms with Crippen LogP contribution in [0.3, 0.4) is 0 Å². The third-order valence-electron chi connectivity index (χ3n) is 8.71. The van der Waals surface area contributed by atoms with Crippen LogP contribution in [0, 0.1) is 11.8 Å². The lowest BCUT2D eigenvalue weighted by atomic mass is 9.80. The number of fused-ring (bicyclic) bond motifs is 2. The van der Waals surface area contributed by atoms with Crippen molar-refractivity contribution in [2.45, 2.75) is 88.6 Å². The molecule has 8 atom stereocenters. The van der Waals surface area contributed by atoms with Gasteiger partial charge in [0.05, 0.1) is 0 Å². The van der Waals surface area contributed by atoms with E-state index in [1.807, 2.05) is 5.01 Å². The Hall–Kier alpha value is -0.980. The van der Waals surface area contributed by atoms with E-state index >= 15 is 0 Å². The minimum Gasteiger partial charge on any atom is -0.609 e. The molecular formula is C25H40N5-. The molecule has 4 fully saturated rings. The van der Waals surface area contributed by atoms with Crippen LogP contribution in [0.25, 0.3) is 5.84 Å². The van der Waals surface area contributed by atoms with Crippen LogP contribution in [-0.4, -0.2) is 54.2 Å². The largest absolute Gasteiger partial charge is 0.609 e. The van der Waals surface area contributed by atoms with Crippen molar-refractivity contribution in [2.75, 3.05) is 20.1 Å². The number of hydrogen-bond donors (Lipinski definition) is 2. The molecule has 2 aliphatic carbocycles. The molecule has 2 saturated carbocycles. The first-order valence-electron chi connectivity index (χ1n) is 12.3. The minimum atomic E-state index is 0.167. The third kappa shape index (κ3) is 3.84. The minimum absolute atomic E-state index is 0.167. The molecule has 0 amide bonds. The van der Waals surface area contributed by atoms with Crippen molar-refractivity contribution < 1.29 is 0 Å². The van der Waals surface area contributed by atoms with Crippen LogP contribution in [0.15, 0.2) is 24.3 Å². The van der Waals surface area contributed by atoms with Crippen molar-refractivity contribution >= 4 is 0 Å². The molecule has 5 heteroatoms. The van der Waals surface area contributed by atoms with Gasteiger partial charge in [-0.3, -0.25) is 4.90 Å². The second-order valence-corrected chi connectivity index (χ2v) is 10.8. The van der Waals surface area contributed by atoms with Crippen LogP contribution >= 0.6 is 0 Å². The zero-order valence-electron chi connectivity index (χ0n) is 19.0. The lowest BCUT2D eigenvalue weighted by molar-refractivity contribution is 0.0502. The molecule has 0 aromatic heterocycles. The van der Waals surface area contributed by atoms with Gasteiger partial charge >= 0.3 is 0 Å². The van der Waals surface area contributed by atoms with E-state index < -0.39 is 0 Å². The van der Waals surface area contributed by atoms with Crippen LogP contribution in [-0.2, 0) is 0 Å². The van der Waals surface area contributed by atoms with Crippen LogP contribution in [0.4, 0.5) is 0 Å². The number of piperazine rings is 2. The fourth-order valence-electron chi connectivity index (χ4n) is 6.79. The number of nitrogens with zero attached hydrogens (tertiary/aromatic N) is 2. The van der Waals surface area contributed by atoms with Gasteiger partial charge < -0.3 is 21.5 Å². The summed E-state index contributed by atoms with van der Waals surface area (Å²) in [7, 11) is 2.33. The van der Waals surface area contributed by atoms with Gasteiger partial charge in [0.25, 0.3) is 0 Å². The molecule has 166 valence electrons. The fourth-order valence-corrected chi connectivity index (χ4v) is 6.79. The van der Waals surface area contributed by atoms with Crippen LogP contribution in [0.2, 0.25) is 0 Å². The summed E-state index contributed by atoms with van der Waals surface area (Å²) in [6.45, 7) is 6.68. The van der Waals surface area contributed by atoms with Gasteiger partial charge in [0.1, 0.15) is 0 Å². The number of hydrogen-bond acceptors (Lipinski definition) is 4. The van der Waals surface area contributed by atoms with Gasteiger partial charge in [0, 0.05) is 49.3 Å². The van der Waals surface area contributed by atoms with Gasteiger partial charge in [-0.05, 0) is 68.5 Å². The summed E-state index contributed by atoms with van der Waals surface area (Å²) in [6, 6.07) is 12.0. The van der Waals surface area contributed by atoms with E-state index in [2.05, 4.69) is 60.7 Å². The van der Waals surface area contributed by atoms with Crippen molar-refractivity contribution in [3.05, 3.63) is 41.2 Å². The van der Waals surface area contributed by atoms with Gasteiger partial charge in [0.2, 0.25) is 0 Å². The second-order valence-electron chi connectivity index (χ2n) is 10.8. The van der Waals surface area contributed by atoms with Gasteiger partial charge in [-0.15, -0.1) is 0 Å². The van der Waals surface area contributed by atoms with Crippen LogP contribution in [0.1, 0.15) is 75.6 Å². The molecular weight excluding hydrogens is 370 g/mol. The molecule has 3 N–H and O–H groups in total. The number of rotatable bonds is 2. The number of likely N-dealkylation sites (N-methyl/N-ethyl adjacent to an activating group) is 1. The average Bonchev–Trinajstić information content (AvgIpc) is 2.74. The van der Waals surface area contributed by atoms with Crippen molar-refractivity contribution in [1.29, 1.82) is 0 Å². The Morgan fingerprint density at radius 2 is 1.27 bits per heavy atom. The smallest absolute Gasteiger partial charge is 0.0473 e. The molecule has 2 aliphatic heterocycles. The van der Waals surface area contributed by atoms with E-state index in [-0.39, 0.29) is 6.04 Å². The van der Waals surface area contributed by atoms with E-state index in [1.165, 1.54) is 43.2 Å². The van der Waals surface area contributed by atoms with Gasteiger partial charge in [-0.25, -0.2) is 0 Å². The highest BCUT2D eigenvalue weighted by Gasteiger charge is 2.39. The second kappa shape index (κ2) is 8.51. The SMILES string of the molecule is CC1CCC2C(C1)NCC(c1ccc(C3CNC4CC(C)CCC4N3[NH-])cc1)N2C. The Morgan fingerprint density at radius 1 is 0.767 bits per heavy atom. The van der Waals surface area contributed by atoms with Crippen molar-refractivity contribution in [1.82, 2.24) is 20.5 Å². The van der Waals surface area contributed by atoms with Crippen LogP contribution in [0.5, 0.6) is 0 Å². The molecule has 5 rings (SSSR count). The van der Waals surface area contributed by atoms with Crippen molar-refractivity contribution in [3.63, 3.8) is 0 Å². The summed E-state index contributed by atoms with van der Waals surface area (Å²) in [4.78, 5) is 2.63. The lowest BCUT2D eigenvalue weighted by Gasteiger charge is -2.54. The molecule has 30 heavy (non-hydrogen) atoms. The van der Waals surface area contributed by atoms with Crippen molar-refractivity contribution in [2.24, 2.45) is 11.8 Å². The molecule has 0 bridgehead atoms. The first-order valence-corrected chi connectivity index (χ1v) is 12.3. The molecule has 0 radical (unpaired) electrons. The molecule has 2 saturated heterocycles. The number of nitrogens with one attached hydrogen (secondary N) is 3. The van der Waals surface area contributed by atoms with Crippen molar-refractivity contribution in [3.8, 4) is 0 Å². The number of benzene rings is 1. The summed E-state index contributed by atoms with van der Waals surface area (Å²) in [5.74, 6) is 10.5. The van der Waals surface area contributed by atoms with E-state index in [0.29, 0.717) is 30.2 Å². The molecule has 2 heterocycles. The normalized spacial score (nSPS) is 43.1. The van der Waals surface area contributed by atoms with E-state index in [9.17, 15) is 0 Å². The molecule has 1 aromatic carbocycles. The Labute approximate surface area is 182 Å². The summed E-state index contributed by atoms with van der Waals surface area (Å²) < 4.78 is 0. The zero-order chi connectivity index (χ0) is 20.8. The highest BCUT2D eigenvalue weighted by atomic mass is 15.5. The Kier molecular flexibility index (Phi) is 5.93. The Morgan fingerprint density at radius 3 is 1.90 bits per heavy atom. The molecule has 8 unspecified atom stereocenters. The predicted molar refractivity (Wildman–Crippen MR) is 123 cm³/mol.